The summed E-state index contributed by atoms with van der Waals surface area (Å²) in [6.07, 6.45) is 3.42. The minimum atomic E-state index is 0. The van der Waals surface area contributed by atoms with E-state index in [0.29, 0.717) is 16.5 Å². The highest BCUT2D eigenvalue weighted by molar-refractivity contribution is 6.30. The molecule has 1 rings (SSSR count). The number of pyridine rings is 1. The third-order valence-corrected chi connectivity index (χ3v) is 2.47. The van der Waals surface area contributed by atoms with Crippen LogP contribution < -0.4 is 10.0 Å². The van der Waals surface area contributed by atoms with Gasteiger partial charge >= 0.3 is 0 Å². The van der Waals surface area contributed by atoms with Crippen molar-refractivity contribution in [2.24, 2.45) is 0 Å². The number of hydrogen-bond donors (Lipinski definition) is 1. The lowest BCUT2D eigenvalue weighted by molar-refractivity contribution is -0.597. The minimum absolute atomic E-state index is 0. The first kappa shape index (κ1) is 15.3. The monoisotopic (exact) mass is 264 g/mol. The van der Waals surface area contributed by atoms with Crippen LogP contribution in [0.15, 0.2) is 12.1 Å². The molecule has 1 N–H and O–H groups in total. The van der Waals surface area contributed by atoms with E-state index in [1.54, 1.807) is 19.1 Å². The average Bonchev–Trinajstić information content (AvgIpc) is 2.19. The molecule has 0 radical (unpaired) electrons. The molecule has 0 amide bonds. The van der Waals surface area contributed by atoms with Crippen LogP contribution in [0.2, 0.25) is 5.02 Å². The fourth-order valence-electron chi connectivity index (χ4n) is 1.39. The molecule has 0 saturated carbocycles. The Hall–Kier alpha value is -0.670. The fourth-order valence-corrected chi connectivity index (χ4v) is 1.65. The summed E-state index contributed by atoms with van der Waals surface area (Å²) in [6.45, 7) is 4.71. The Morgan fingerprint density at radius 3 is 2.69 bits per heavy atom. The lowest BCUT2D eigenvalue weighted by Crippen LogP contribution is -2.34. The minimum Gasteiger partial charge on any atom is -0.710 e. The van der Waals surface area contributed by atoms with Crippen LogP contribution in [0.3, 0.4) is 0 Å². The van der Waals surface area contributed by atoms with Crippen LogP contribution in [0.1, 0.15) is 31.9 Å². The smallest absolute Gasteiger partial charge is 0.279 e. The van der Waals surface area contributed by atoms with Gasteiger partial charge < -0.3 is 5.21 Å². The molecule has 3 nitrogen and oxygen atoms in total. The first-order chi connectivity index (χ1) is 7.15. The molecule has 0 atom stereocenters. The van der Waals surface area contributed by atoms with E-state index in [0.717, 1.165) is 17.7 Å². The van der Waals surface area contributed by atoms with Crippen LogP contribution in [0, 0.1) is 12.1 Å². The summed E-state index contributed by atoms with van der Waals surface area (Å²) < 4.78 is 0.873. The average molecular weight is 265 g/mol. The van der Waals surface area contributed by atoms with Gasteiger partial charge in [0.15, 0.2) is 0 Å². The number of unbranched alkanes of at least 4 members (excludes halogenated alkanes) is 2. The molecule has 1 aromatic heterocycles. The van der Waals surface area contributed by atoms with Crippen LogP contribution in [-0.4, -0.2) is 6.54 Å². The van der Waals surface area contributed by atoms with Gasteiger partial charge in [0, 0.05) is 6.07 Å². The van der Waals surface area contributed by atoms with Gasteiger partial charge in [-0.15, -0.1) is 12.4 Å². The highest BCUT2D eigenvalue weighted by Crippen LogP contribution is 2.13. The highest BCUT2D eigenvalue weighted by atomic mass is 35.5. The molecular formula is C11H18Cl2N2O. The van der Waals surface area contributed by atoms with Crippen molar-refractivity contribution in [3.8, 4) is 0 Å². The molecule has 0 spiro atoms. The van der Waals surface area contributed by atoms with Crippen molar-refractivity contribution in [1.82, 2.24) is 0 Å². The second-order valence-corrected chi connectivity index (χ2v) is 4.06. The molecule has 0 fully saturated rings. The zero-order chi connectivity index (χ0) is 11.3. The second kappa shape index (κ2) is 7.58. The van der Waals surface area contributed by atoms with Crippen LogP contribution in [0.25, 0.3) is 0 Å². The Morgan fingerprint density at radius 2 is 2.06 bits per heavy atom. The fraction of sp³-hybridized carbons (Fsp3) is 0.545. The Balaban J connectivity index is 0.00000225. The molecule has 0 aliphatic rings. The van der Waals surface area contributed by atoms with Crippen LogP contribution in [0.4, 0.5) is 5.82 Å². The van der Waals surface area contributed by atoms with Gasteiger partial charge in [-0.2, -0.15) is 0 Å². The molecule has 0 aliphatic heterocycles. The second-order valence-electron chi connectivity index (χ2n) is 3.63. The third-order valence-electron chi connectivity index (χ3n) is 2.25. The van der Waals surface area contributed by atoms with Crippen molar-refractivity contribution in [2.75, 3.05) is 11.9 Å². The molecule has 0 saturated heterocycles. The van der Waals surface area contributed by atoms with E-state index in [2.05, 4.69) is 12.2 Å². The highest BCUT2D eigenvalue weighted by Gasteiger charge is 2.06. The van der Waals surface area contributed by atoms with E-state index >= 15 is 0 Å². The van der Waals surface area contributed by atoms with Crippen molar-refractivity contribution >= 4 is 29.8 Å². The summed E-state index contributed by atoms with van der Waals surface area (Å²) in [5.41, 5.74) is 0.612. The summed E-state index contributed by atoms with van der Waals surface area (Å²) in [6, 6.07) is 3.32. The topological polar surface area (TPSA) is 39.0 Å². The van der Waals surface area contributed by atoms with Gasteiger partial charge in [-0.25, -0.2) is 4.73 Å². The molecule has 92 valence electrons. The zero-order valence-corrected chi connectivity index (χ0v) is 11.2. The maximum atomic E-state index is 11.6. The van der Waals surface area contributed by atoms with Crippen LogP contribution >= 0.6 is 24.0 Å². The summed E-state index contributed by atoms with van der Waals surface area (Å²) >= 11 is 5.87. The van der Waals surface area contributed by atoms with Crippen molar-refractivity contribution < 1.29 is 4.73 Å². The quantitative estimate of drug-likeness (QED) is 0.504. The Morgan fingerprint density at radius 1 is 1.38 bits per heavy atom. The van der Waals surface area contributed by atoms with Gasteiger partial charge in [-0.1, -0.05) is 24.9 Å². The predicted molar refractivity (Wildman–Crippen MR) is 70.4 cm³/mol. The first-order valence-corrected chi connectivity index (χ1v) is 5.66. The molecule has 16 heavy (non-hydrogen) atoms. The number of nitrogens with one attached hydrogen (secondary N) is 1. The number of aromatic nitrogens is 1. The Kier molecular flexibility index (Phi) is 7.26. The van der Waals surface area contributed by atoms with Gasteiger partial charge in [-0.3, -0.25) is 5.32 Å². The van der Waals surface area contributed by atoms with Gasteiger partial charge in [0.2, 0.25) is 0 Å². The predicted octanol–water partition coefficient (Wildman–Crippen LogP) is 3.31. The normalized spacial score (nSPS) is 9.69. The number of aryl methyl sites for hydroxylation is 1. The van der Waals surface area contributed by atoms with E-state index in [9.17, 15) is 5.21 Å². The molecule has 0 bridgehead atoms. The lowest BCUT2D eigenvalue weighted by atomic mass is 10.2. The summed E-state index contributed by atoms with van der Waals surface area (Å²) in [5, 5.41) is 15.3. The number of hydrogen-bond acceptors (Lipinski definition) is 2. The molecule has 0 aliphatic carbocycles. The molecule has 5 heteroatoms. The summed E-state index contributed by atoms with van der Waals surface area (Å²) in [7, 11) is 0. The SMILES string of the molecule is CCCCCNc1cc(Cl)cc(C)[n+]1[O-].Cl. The Labute approximate surface area is 108 Å². The van der Waals surface area contributed by atoms with Crippen LogP contribution in [0.5, 0.6) is 0 Å². The first-order valence-electron chi connectivity index (χ1n) is 5.28. The largest absolute Gasteiger partial charge is 0.710 e. The van der Waals surface area contributed by atoms with Crippen molar-refractivity contribution in [3.63, 3.8) is 0 Å². The van der Waals surface area contributed by atoms with Gasteiger partial charge in [0.1, 0.15) is 5.69 Å². The van der Waals surface area contributed by atoms with Gasteiger partial charge in [0.25, 0.3) is 5.82 Å². The van der Waals surface area contributed by atoms with E-state index in [4.69, 9.17) is 11.6 Å². The van der Waals surface area contributed by atoms with E-state index in [1.807, 2.05) is 0 Å². The standard InChI is InChI=1S/C11H17ClN2O.ClH/c1-3-4-5-6-13-11-8-10(12)7-9(2)14(11)15;/h7-8,13H,3-6H2,1-2H3;1H. The summed E-state index contributed by atoms with van der Waals surface area (Å²) in [5.74, 6) is 0.538. The lowest BCUT2D eigenvalue weighted by Gasteiger charge is -2.12. The number of rotatable bonds is 5. The molecule has 1 heterocycles. The maximum Gasteiger partial charge on any atom is 0.279 e. The van der Waals surface area contributed by atoms with Crippen LogP contribution in [-0.2, 0) is 0 Å². The molecular weight excluding hydrogens is 247 g/mol. The Bertz CT molecular complexity index is 332. The van der Waals surface area contributed by atoms with Crippen molar-refractivity contribution in [2.45, 2.75) is 33.1 Å². The van der Waals surface area contributed by atoms with Crippen molar-refractivity contribution in [3.05, 3.63) is 28.1 Å². The van der Waals surface area contributed by atoms with E-state index in [-0.39, 0.29) is 12.4 Å². The van der Waals surface area contributed by atoms with E-state index < -0.39 is 0 Å². The maximum absolute atomic E-state index is 11.6. The molecule has 0 unspecified atom stereocenters. The number of nitrogens with zero attached hydrogens (tertiary/aromatic N) is 1. The third kappa shape index (κ3) is 4.45. The zero-order valence-electron chi connectivity index (χ0n) is 9.62. The van der Waals surface area contributed by atoms with Gasteiger partial charge in [0.05, 0.1) is 11.6 Å². The summed E-state index contributed by atoms with van der Waals surface area (Å²) in [4.78, 5) is 0. The number of anilines is 1. The van der Waals surface area contributed by atoms with Gasteiger partial charge in [-0.05, 0) is 25.8 Å². The van der Waals surface area contributed by atoms with E-state index in [1.165, 1.54) is 12.8 Å². The molecule has 1 aromatic rings. The molecule has 0 aromatic carbocycles. The van der Waals surface area contributed by atoms with Crippen molar-refractivity contribution in [1.29, 1.82) is 0 Å². The number of halogens is 2.